The van der Waals surface area contributed by atoms with Gasteiger partial charge in [-0.05, 0) is 48.9 Å². The SMILES string of the molecule is COc1ccc(C)cc1NC(=O)Nc1ccc(C(=O)O)cc1. The maximum atomic E-state index is 12.0. The zero-order valence-corrected chi connectivity index (χ0v) is 12.2. The van der Waals surface area contributed by atoms with E-state index in [0.717, 1.165) is 5.56 Å². The molecule has 0 saturated carbocycles. The van der Waals surface area contributed by atoms with E-state index in [1.54, 1.807) is 12.1 Å². The average Bonchev–Trinajstić information content (AvgIpc) is 2.48. The molecule has 0 fully saturated rings. The van der Waals surface area contributed by atoms with Gasteiger partial charge < -0.3 is 20.5 Å². The zero-order chi connectivity index (χ0) is 16.1. The van der Waals surface area contributed by atoms with Crippen LogP contribution in [0.4, 0.5) is 16.2 Å². The Hall–Kier alpha value is -3.02. The maximum Gasteiger partial charge on any atom is 0.335 e. The highest BCUT2D eigenvalue weighted by molar-refractivity contribution is 6.01. The molecule has 114 valence electrons. The predicted octanol–water partition coefficient (Wildman–Crippen LogP) is 3.35. The lowest BCUT2D eigenvalue weighted by molar-refractivity contribution is 0.0697. The van der Waals surface area contributed by atoms with Gasteiger partial charge in [-0.15, -0.1) is 0 Å². The predicted molar refractivity (Wildman–Crippen MR) is 83.8 cm³/mol. The minimum atomic E-state index is -1.01. The second kappa shape index (κ2) is 6.62. The van der Waals surface area contributed by atoms with E-state index in [0.29, 0.717) is 17.1 Å². The summed E-state index contributed by atoms with van der Waals surface area (Å²) in [7, 11) is 1.53. The van der Waals surface area contributed by atoms with E-state index in [1.807, 2.05) is 13.0 Å². The number of anilines is 2. The molecule has 2 aromatic rings. The number of amides is 2. The Bertz CT molecular complexity index is 696. The van der Waals surface area contributed by atoms with Crippen molar-refractivity contribution in [2.45, 2.75) is 6.92 Å². The van der Waals surface area contributed by atoms with Crippen LogP contribution < -0.4 is 15.4 Å². The van der Waals surface area contributed by atoms with Crippen LogP contribution in [-0.2, 0) is 0 Å². The second-order valence-electron chi connectivity index (χ2n) is 4.67. The van der Waals surface area contributed by atoms with E-state index in [1.165, 1.54) is 31.4 Å². The Morgan fingerprint density at radius 2 is 1.73 bits per heavy atom. The van der Waals surface area contributed by atoms with Gasteiger partial charge in [0.2, 0.25) is 0 Å². The molecule has 2 aromatic carbocycles. The molecule has 2 amide bonds. The quantitative estimate of drug-likeness (QED) is 0.808. The van der Waals surface area contributed by atoms with E-state index in [-0.39, 0.29) is 5.56 Å². The molecule has 0 aliphatic heterocycles. The van der Waals surface area contributed by atoms with Gasteiger partial charge in [-0.2, -0.15) is 0 Å². The fourth-order valence-electron chi connectivity index (χ4n) is 1.90. The van der Waals surface area contributed by atoms with Crippen LogP contribution in [0, 0.1) is 6.92 Å². The smallest absolute Gasteiger partial charge is 0.335 e. The number of benzene rings is 2. The summed E-state index contributed by atoms with van der Waals surface area (Å²) in [5.41, 5.74) is 2.20. The van der Waals surface area contributed by atoms with Crippen LogP contribution in [0.2, 0.25) is 0 Å². The molecule has 6 heteroatoms. The van der Waals surface area contributed by atoms with Gasteiger partial charge >= 0.3 is 12.0 Å². The van der Waals surface area contributed by atoms with Gasteiger partial charge in [0.05, 0.1) is 18.4 Å². The first-order chi connectivity index (χ1) is 10.5. The fourth-order valence-corrected chi connectivity index (χ4v) is 1.90. The number of methoxy groups -OCH3 is 1. The number of ether oxygens (including phenoxy) is 1. The maximum absolute atomic E-state index is 12.0. The van der Waals surface area contributed by atoms with E-state index in [9.17, 15) is 9.59 Å². The molecule has 0 spiro atoms. The summed E-state index contributed by atoms with van der Waals surface area (Å²) in [4.78, 5) is 22.8. The lowest BCUT2D eigenvalue weighted by Gasteiger charge is -2.12. The lowest BCUT2D eigenvalue weighted by Crippen LogP contribution is -2.20. The lowest BCUT2D eigenvalue weighted by atomic mass is 10.2. The molecule has 0 aromatic heterocycles. The van der Waals surface area contributed by atoms with Crippen molar-refractivity contribution in [3.63, 3.8) is 0 Å². The van der Waals surface area contributed by atoms with Crippen LogP contribution in [0.25, 0.3) is 0 Å². The molecule has 2 rings (SSSR count). The molecule has 0 aliphatic carbocycles. The average molecular weight is 300 g/mol. The number of urea groups is 1. The number of carboxylic acid groups (broad SMARTS) is 1. The third kappa shape index (κ3) is 3.76. The molecule has 0 radical (unpaired) electrons. The van der Waals surface area contributed by atoms with E-state index in [4.69, 9.17) is 9.84 Å². The highest BCUT2D eigenvalue weighted by Gasteiger charge is 2.08. The molecule has 0 atom stereocenters. The van der Waals surface area contributed by atoms with E-state index in [2.05, 4.69) is 10.6 Å². The molecule has 6 nitrogen and oxygen atoms in total. The monoisotopic (exact) mass is 300 g/mol. The standard InChI is InChI=1S/C16H16N2O4/c1-10-3-8-14(22-2)13(9-10)18-16(21)17-12-6-4-11(5-7-12)15(19)20/h3-9H,1-2H3,(H,19,20)(H2,17,18,21). The van der Waals surface area contributed by atoms with E-state index < -0.39 is 12.0 Å². The first-order valence-electron chi connectivity index (χ1n) is 6.55. The van der Waals surface area contributed by atoms with Crippen LogP contribution in [0.1, 0.15) is 15.9 Å². The first kappa shape index (κ1) is 15.4. The summed E-state index contributed by atoms with van der Waals surface area (Å²) in [5.74, 6) is -0.456. The number of nitrogens with one attached hydrogen (secondary N) is 2. The number of carbonyl (C=O) groups is 2. The normalized spacial score (nSPS) is 9.91. The number of aromatic carboxylic acids is 1. The Kier molecular flexibility index (Phi) is 4.63. The van der Waals surface area contributed by atoms with Gasteiger partial charge in [-0.25, -0.2) is 9.59 Å². The summed E-state index contributed by atoms with van der Waals surface area (Å²) in [6, 6.07) is 10.9. The first-order valence-corrected chi connectivity index (χ1v) is 6.55. The number of hydrogen-bond acceptors (Lipinski definition) is 3. The van der Waals surface area contributed by atoms with Gasteiger partial charge in [0.1, 0.15) is 5.75 Å². The summed E-state index contributed by atoms with van der Waals surface area (Å²) in [5, 5.41) is 14.1. The van der Waals surface area contributed by atoms with Gasteiger partial charge in [-0.3, -0.25) is 0 Å². The number of aryl methyl sites for hydroxylation is 1. The molecule has 0 saturated heterocycles. The largest absolute Gasteiger partial charge is 0.495 e. The molecular formula is C16H16N2O4. The summed E-state index contributed by atoms with van der Waals surface area (Å²) >= 11 is 0. The summed E-state index contributed by atoms with van der Waals surface area (Å²) in [6.07, 6.45) is 0. The molecule has 0 heterocycles. The Balaban J connectivity index is 2.07. The molecule has 0 aliphatic rings. The second-order valence-corrected chi connectivity index (χ2v) is 4.67. The number of carboxylic acids is 1. The van der Waals surface area contributed by atoms with Crippen molar-refractivity contribution >= 4 is 23.4 Å². The highest BCUT2D eigenvalue weighted by Crippen LogP contribution is 2.25. The third-order valence-corrected chi connectivity index (χ3v) is 2.99. The molecule has 22 heavy (non-hydrogen) atoms. The summed E-state index contributed by atoms with van der Waals surface area (Å²) < 4.78 is 5.19. The number of carbonyl (C=O) groups excluding carboxylic acids is 1. The molecule has 0 unspecified atom stereocenters. The van der Waals surface area contributed by atoms with Gasteiger partial charge in [0.25, 0.3) is 0 Å². The number of rotatable bonds is 4. The van der Waals surface area contributed by atoms with Crippen LogP contribution >= 0.6 is 0 Å². The van der Waals surface area contributed by atoms with Crippen molar-refractivity contribution in [1.29, 1.82) is 0 Å². The minimum Gasteiger partial charge on any atom is -0.495 e. The minimum absolute atomic E-state index is 0.159. The number of hydrogen-bond donors (Lipinski definition) is 3. The fraction of sp³-hybridized carbons (Fsp3) is 0.125. The topological polar surface area (TPSA) is 87.7 Å². The van der Waals surface area contributed by atoms with Crippen LogP contribution in [0.5, 0.6) is 5.75 Å². The van der Waals surface area contributed by atoms with Crippen LogP contribution in [0.3, 0.4) is 0 Å². The summed E-state index contributed by atoms with van der Waals surface area (Å²) in [6.45, 7) is 1.91. The molecule has 3 N–H and O–H groups in total. The van der Waals surface area contributed by atoms with Crippen molar-refractivity contribution in [2.24, 2.45) is 0 Å². The Morgan fingerprint density at radius 3 is 2.32 bits per heavy atom. The zero-order valence-electron chi connectivity index (χ0n) is 12.2. The molecule has 0 bridgehead atoms. The van der Waals surface area contributed by atoms with Gasteiger partial charge in [0, 0.05) is 5.69 Å². The Labute approximate surface area is 127 Å². The van der Waals surface area contributed by atoms with Crippen LogP contribution in [-0.4, -0.2) is 24.2 Å². The van der Waals surface area contributed by atoms with Crippen molar-refractivity contribution in [3.8, 4) is 5.75 Å². The van der Waals surface area contributed by atoms with Gasteiger partial charge in [0.15, 0.2) is 0 Å². The van der Waals surface area contributed by atoms with Crippen molar-refractivity contribution in [3.05, 3.63) is 53.6 Å². The van der Waals surface area contributed by atoms with Crippen LogP contribution in [0.15, 0.2) is 42.5 Å². The van der Waals surface area contributed by atoms with Crippen molar-refractivity contribution in [1.82, 2.24) is 0 Å². The van der Waals surface area contributed by atoms with Crippen molar-refractivity contribution in [2.75, 3.05) is 17.7 Å². The Morgan fingerprint density at radius 1 is 1.05 bits per heavy atom. The molecular weight excluding hydrogens is 284 g/mol. The third-order valence-electron chi connectivity index (χ3n) is 2.99. The highest BCUT2D eigenvalue weighted by atomic mass is 16.5. The van der Waals surface area contributed by atoms with Gasteiger partial charge in [-0.1, -0.05) is 6.07 Å². The van der Waals surface area contributed by atoms with E-state index >= 15 is 0 Å². The van der Waals surface area contributed by atoms with Crippen molar-refractivity contribution < 1.29 is 19.4 Å².